The molecule has 1 aliphatic heterocycles. The van der Waals surface area contributed by atoms with E-state index in [1.807, 2.05) is 45.9 Å². The van der Waals surface area contributed by atoms with Crippen LogP contribution in [0, 0.1) is 19.7 Å². The Balaban J connectivity index is 1.32. The van der Waals surface area contributed by atoms with Crippen molar-refractivity contribution >= 4 is 35.1 Å². The van der Waals surface area contributed by atoms with Gasteiger partial charge in [-0.3, -0.25) is 4.79 Å². The summed E-state index contributed by atoms with van der Waals surface area (Å²) in [6.07, 6.45) is 2.31. The van der Waals surface area contributed by atoms with E-state index in [0.717, 1.165) is 56.7 Å². The number of ether oxygens (including phenoxy) is 3. The molecule has 13 heteroatoms. The van der Waals surface area contributed by atoms with Crippen LogP contribution in [0.3, 0.4) is 0 Å². The quantitative estimate of drug-likeness (QED) is 0.134. The summed E-state index contributed by atoms with van der Waals surface area (Å²) in [5, 5.41) is 5.96. The number of carbonyl (C=O) groups is 2. The summed E-state index contributed by atoms with van der Waals surface area (Å²) in [5.74, 6) is 0.0677. The monoisotopic (exact) mass is 713 g/mol. The van der Waals surface area contributed by atoms with E-state index in [1.54, 1.807) is 24.3 Å². The van der Waals surface area contributed by atoms with Gasteiger partial charge in [-0.15, -0.1) is 0 Å². The van der Waals surface area contributed by atoms with E-state index in [4.69, 9.17) is 14.2 Å². The SMILES string of the molecule is CCC(C)NC(=O)c1ccc(OC(=O)N(c2ccnc(Nc3ccc(OCCCN4CCN(C)CC4)c(F)c3)n2)c2c(C)cccc2C)c(OC)c1. The van der Waals surface area contributed by atoms with Crippen LogP contribution in [0.25, 0.3) is 0 Å². The maximum absolute atomic E-state index is 15.1. The van der Waals surface area contributed by atoms with Crippen molar-refractivity contribution < 1.29 is 28.2 Å². The molecule has 1 atom stereocenters. The lowest BCUT2D eigenvalue weighted by atomic mass is 10.1. The molecule has 12 nitrogen and oxygen atoms in total. The first-order chi connectivity index (χ1) is 25.1. The topological polar surface area (TPSA) is 121 Å². The van der Waals surface area contributed by atoms with Gasteiger partial charge in [0.05, 0.1) is 19.4 Å². The zero-order valence-corrected chi connectivity index (χ0v) is 30.7. The first-order valence-electron chi connectivity index (χ1n) is 17.6. The van der Waals surface area contributed by atoms with Crippen LogP contribution < -0.4 is 29.7 Å². The number of piperazine rings is 1. The van der Waals surface area contributed by atoms with E-state index in [9.17, 15) is 9.59 Å². The highest BCUT2D eigenvalue weighted by Crippen LogP contribution is 2.35. The van der Waals surface area contributed by atoms with Crippen molar-refractivity contribution in [2.45, 2.75) is 46.6 Å². The molecule has 1 unspecified atom stereocenters. The Morgan fingerprint density at radius 3 is 2.40 bits per heavy atom. The Labute approximate surface area is 304 Å². The number of nitrogens with one attached hydrogen (secondary N) is 2. The molecule has 5 rings (SSSR count). The number of methoxy groups -OCH3 is 1. The van der Waals surface area contributed by atoms with Gasteiger partial charge < -0.3 is 34.6 Å². The minimum absolute atomic E-state index is 0.00569. The Hall–Kier alpha value is -5.27. The lowest BCUT2D eigenvalue weighted by Gasteiger charge is -2.32. The molecule has 4 aromatic rings. The standard InChI is InChI=1S/C39H48FN7O5/c1-7-28(4)42-37(48)29-12-14-33(34(24-29)50-6)52-39(49)47(36-26(2)10-8-11-27(36)3)35-16-17-41-38(44-35)43-30-13-15-32(31(40)25-30)51-23-9-18-46-21-19-45(5)20-22-46/h8,10-17,24-25,28H,7,9,18-23H2,1-6H3,(H,42,48)(H,41,43,44). The van der Waals surface area contributed by atoms with E-state index in [-0.39, 0.29) is 41.0 Å². The highest BCUT2D eigenvalue weighted by atomic mass is 19.1. The lowest BCUT2D eigenvalue weighted by molar-refractivity contribution is 0.0939. The molecule has 2 heterocycles. The number of anilines is 4. The largest absolute Gasteiger partial charge is 0.493 e. The lowest BCUT2D eigenvalue weighted by Crippen LogP contribution is -2.44. The van der Waals surface area contributed by atoms with E-state index in [1.165, 1.54) is 36.4 Å². The third-order valence-electron chi connectivity index (χ3n) is 8.99. The molecule has 2 N–H and O–H groups in total. The van der Waals surface area contributed by atoms with Crippen LogP contribution in [0.15, 0.2) is 66.9 Å². The second kappa shape index (κ2) is 17.8. The first-order valence-corrected chi connectivity index (χ1v) is 17.6. The van der Waals surface area contributed by atoms with Crippen molar-refractivity contribution in [1.29, 1.82) is 0 Å². The molecule has 1 aromatic heterocycles. The maximum Gasteiger partial charge on any atom is 0.425 e. The predicted octanol–water partition coefficient (Wildman–Crippen LogP) is 6.87. The summed E-state index contributed by atoms with van der Waals surface area (Å²) in [5.41, 5.74) is 2.95. The summed E-state index contributed by atoms with van der Waals surface area (Å²) in [4.78, 5) is 41.8. The normalized spacial score (nSPS) is 14.0. The van der Waals surface area contributed by atoms with Crippen LogP contribution in [-0.2, 0) is 0 Å². The molecule has 0 aliphatic carbocycles. The molecule has 52 heavy (non-hydrogen) atoms. The predicted molar refractivity (Wildman–Crippen MR) is 200 cm³/mol. The van der Waals surface area contributed by atoms with Crippen LogP contribution in [0.5, 0.6) is 17.2 Å². The van der Waals surface area contributed by atoms with Gasteiger partial charge in [0.2, 0.25) is 5.95 Å². The van der Waals surface area contributed by atoms with Gasteiger partial charge in [-0.25, -0.2) is 19.1 Å². The van der Waals surface area contributed by atoms with Crippen LogP contribution in [0.1, 0.15) is 48.2 Å². The Bertz CT molecular complexity index is 1830. The van der Waals surface area contributed by atoms with Crippen molar-refractivity contribution in [3.8, 4) is 17.2 Å². The van der Waals surface area contributed by atoms with E-state index in [0.29, 0.717) is 23.5 Å². The minimum atomic E-state index is -0.766. The van der Waals surface area contributed by atoms with Gasteiger partial charge in [0.25, 0.3) is 5.91 Å². The van der Waals surface area contributed by atoms with Crippen LogP contribution in [-0.4, -0.2) is 91.3 Å². The Kier molecular flexibility index (Phi) is 13.0. The summed E-state index contributed by atoms with van der Waals surface area (Å²) in [6, 6.07) is 16.4. The van der Waals surface area contributed by atoms with E-state index >= 15 is 4.39 Å². The van der Waals surface area contributed by atoms with Crippen molar-refractivity contribution in [1.82, 2.24) is 25.1 Å². The highest BCUT2D eigenvalue weighted by Gasteiger charge is 2.27. The molecule has 0 saturated carbocycles. The Morgan fingerprint density at radius 2 is 1.71 bits per heavy atom. The van der Waals surface area contributed by atoms with E-state index in [2.05, 4.69) is 37.4 Å². The third-order valence-corrected chi connectivity index (χ3v) is 8.99. The fourth-order valence-corrected chi connectivity index (χ4v) is 5.80. The van der Waals surface area contributed by atoms with Crippen molar-refractivity contribution in [3.05, 3.63) is 89.4 Å². The molecule has 0 spiro atoms. The van der Waals surface area contributed by atoms with Gasteiger partial charge in [0.1, 0.15) is 5.82 Å². The number of likely N-dealkylation sites (N-methyl/N-ethyl adjacent to an activating group) is 1. The summed E-state index contributed by atoms with van der Waals surface area (Å²) < 4.78 is 32.2. The number of nitrogens with zero attached hydrogens (tertiary/aromatic N) is 5. The zero-order valence-electron chi connectivity index (χ0n) is 30.7. The summed E-state index contributed by atoms with van der Waals surface area (Å²) in [7, 11) is 3.56. The number of rotatable bonds is 14. The molecule has 276 valence electrons. The number of benzene rings is 3. The first kappa shape index (κ1) is 38.0. The third kappa shape index (κ3) is 9.74. The molecule has 0 radical (unpaired) electrons. The van der Waals surface area contributed by atoms with Crippen LogP contribution in [0.4, 0.5) is 32.3 Å². The van der Waals surface area contributed by atoms with Crippen molar-refractivity contribution in [2.24, 2.45) is 0 Å². The Morgan fingerprint density at radius 1 is 0.981 bits per heavy atom. The van der Waals surface area contributed by atoms with Gasteiger partial charge >= 0.3 is 6.09 Å². The van der Waals surface area contributed by atoms with Crippen molar-refractivity contribution in [3.63, 3.8) is 0 Å². The van der Waals surface area contributed by atoms with Gasteiger partial charge in [0, 0.05) is 68.3 Å². The number of aromatic nitrogens is 2. The second-order valence-corrected chi connectivity index (χ2v) is 12.9. The van der Waals surface area contributed by atoms with Crippen LogP contribution in [0.2, 0.25) is 0 Å². The highest BCUT2D eigenvalue weighted by molar-refractivity contribution is 5.99. The van der Waals surface area contributed by atoms with E-state index < -0.39 is 11.9 Å². The maximum atomic E-state index is 15.1. The smallest absolute Gasteiger partial charge is 0.425 e. The number of para-hydroxylation sites is 1. The zero-order chi connectivity index (χ0) is 37.2. The minimum Gasteiger partial charge on any atom is -0.493 e. The molecule has 1 saturated heterocycles. The summed E-state index contributed by atoms with van der Waals surface area (Å²) >= 11 is 0. The second-order valence-electron chi connectivity index (χ2n) is 12.9. The molecular weight excluding hydrogens is 665 g/mol. The number of hydrogen-bond donors (Lipinski definition) is 2. The fourth-order valence-electron chi connectivity index (χ4n) is 5.80. The van der Waals surface area contributed by atoms with Crippen molar-refractivity contribution in [2.75, 3.05) is 63.7 Å². The van der Waals surface area contributed by atoms with Gasteiger partial charge in [-0.1, -0.05) is 25.1 Å². The average Bonchev–Trinajstić information content (AvgIpc) is 3.13. The number of aryl methyl sites for hydroxylation is 2. The van der Waals surface area contributed by atoms with Crippen LogP contribution >= 0.6 is 0 Å². The fraction of sp³-hybridized carbons (Fsp3) is 0.385. The van der Waals surface area contributed by atoms with Gasteiger partial charge in [0.15, 0.2) is 23.1 Å². The molecule has 1 fully saturated rings. The molecule has 0 bridgehead atoms. The number of amides is 2. The van der Waals surface area contributed by atoms with Gasteiger partial charge in [-0.05, 0) is 82.1 Å². The number of hydrogen-bond acceptors (Lipinski definition) is 10. The molecular formula is C39H48FN7O5. The molecule has 3 aromatic carbocycles. The summed E-state index contributed by atoms with van der Waals surface area (Å²) in [6.45, 7) is 13.1. The van der Waals surface area contributed by atoms with Gasteiger partial charge in [-0.2, -0.15) is 4.98 Å². The molecule has 2 amide bonds. The average molecular weight is 714 g/mol. The number of carbonyl (C=O) groups excluding carboxylic acids is 2. The number of halogens is 1. The molecule has 1 aliphatic rings.